The average molecular weight is 365 g/mol. The van der Waals surface area contributed by atoms with Gasteiger partial charge in [0.15, 0.2) is 11.6 Å². The molecule has 0 amide bonds. The third-order valence-electron chi connectivity index (χ3n) is 2.56. The van der Waals surface area contributed by atoms with E-state index in [2.05, 4.69) is 26.2 Å². The number of ether oxygens (including phenoxy) is 1. The second-order valence-electron chi connectivity index (χ2n) is 3.97. The molecule has 3 nitrogen and oxygen atoms in total. The van der Waals surface area contributed by atoms with Gasteiger partial charge >= 0.3 is 6.18 Å². The number of hydrogen-bond acceptors (Lipinski definition) is 3. The van der Waals surface area contributed by atoms with Crippen LogP contribution in [0, 0.1) is 5.82 Å². The Balaban J connectivity index is 2.42. The van der Waals surface area contributed by atoms with Crippen LogP contribution >= 0.6 is 15.9 Å². The molecule has 0 atom stereocenters. The minimum absolute atomic E-state index is 0.0891. The highest BCUT2D eigenvalue weighted by Gasteiger charge is 2.33. The Morgan fingerprint density at radius 1 is 1.19 bits per heavy atom. The summed E-state index contributed by atoms with van der Waals surface area (Å²) in [5.41, 5.74) is -0.881. The summed E-state index contributed by atoms with van der Waals surface area (Å²) >= 11 is 3.09. The Kier molecular flexibility index (Phi) is 4.36. The van der Waals surface area contributed by atoms with Gasteiger partial charge in [-0.1, -0.05) is 6.07 Å². The quantitative estimate of drug-likeness (QED) is 0.797. The minimum atomic E-state index is -4.57. The summed E-state index contributed by atoms with van der Waals surface area (Å²) < 4.78 is 56.7. The van der Waals surface area contributed by atoms with Crippen molar-refractivity contribution in [2.75, 3.05) is 12.4 Å². The van der Waals surface area contributed by atoms with Gasteiger partial charge in [-0.15, -0.1) is 0 Å². The lowest BCUT2D eigenvalue weighted by Crippen LogP contribution is -2.09. The molecule has 1 aromatic carbocycles. The fraction of sp³-hybridized carbons (Fsp3) is 0.154. The van der Waals surface area contributed by atoms with E-state index in [9.17, 15) is 17.6 Å². The van der Waals surface area contributed by atoms with Gasteiger partial charge in [0.25, 0.3) is 0 Å². The molecule has 1 N–H and O–H groups in total. The Morgan fingerprint density at radius 3 is 2.52 bits per heavy atom. The monoisotopic (exact) mass is 364 g/mol. The first-order valence-corrected chi connectivity index (χ1v) is 6.45. The molecule has 2 aromatic rings. The molecule has 0 aliphatic heterocycles. The van der Waals surface area contributed by atoms with Crippen molar-refractivity contribution in [3.05, 3.63) is 46.3 Å². The number of benzene rings is 1. The van der Waals surface area contributed by atoms with E-state index in [1.165, 1.54) is 31.4 Å². The van der Waals surface area contributed by atoms with E-state index in [4.69, 9.17) is 4.74 Å². The van der Waals surface area contributed by atoms with Crippen LogP contribution in [0.5, 0.6) is 5.75 Å². The van der Waals surface area contributed by atoms with Gasteiger partial charge in [-0.3, -0.25) is 0 Å². The predicted molar refractivity (Wildman–Crippen MR) is 73.2 cm³/mol. The van der Waals surface area contributed by atoms with Crippen LogP contribution in [0.15, 0.2) is 34.8 Å². The maximum atomic E-state index is 13.5. The SMILES string of the molecule is COc1c(F)cccc1Nc1nc(C(F)(F)F)ccc1Br. The largest absolute Gasteiger partial charge is 0.492 e. The molecule has 0 spiro atoms. The standard InChI is InChI=1S/C13H9BrF4N2O/c1-21-11-8(15)3-2-4-9(11)19-12-7(14)5-6-10(20-12)13(16,17)18/h2-6H,1H3,(H,19,20). The Hall–Kier alpha value is -1.83. The molecule has 112 valence electrons. The van der Waals surface area contributed by atoms with E-state index in [-0.39, 0.29) is 17.3 Å². The molecule has 8 heteroatoms. The highest BCUT2D eigenvalue weighted by molar-refractivity contribution is 9.10. The minimum Gasteiger partial charge on any atom is -0.492 e. The van der Waals surface area contributed by atoms with Gasteiger partial charge in [-0.05, 0) is 40.2 Å². The third-order valence-corrected chi connectivity index (χ3v) is 3.20. The molecule has 1 aromatic heterocycles. The number of hydrogen-bond donors (Lipinski definition) is 1. The number of alkyl halides is 3. The third kappa shape index (κ3) is 3.44. The molecule has 0 saturated heterocycles. The molecular formula is C13H9BrF4N2O. The molecule has 0 unspecified atom stereocenters. The van der Waals surface area contributed by atoms with Crippen molar-refractivity contribution in [3.63, 3.8) is 0 Å². The van der Waals surface area contributed by atoms with E-state index in [0.717, 1.165) is 6.07 Å². The zero-order valence-corrected chi connectivity index (χ0v) is 12.2. The zero-order valence-electron chi connectivity index (χ0n) is 10.6. The van der Waals surface area contributed by atoms with Crippen LogP contribution in [0.3, 0.4) is 0 Å². The van der Waals surface area contributed by atoms with E-state index in [0.29, 0.717) is 4.47 Å². The molecule has 2 rings (SSSR count). The average Bonchev–Trinajstić information content (AvgIpc) is 2.40. The number of anilines is 2. The van der Waals surface area contributed by atoms with E-state index < -0.39 is 17.7 Å². The fourth-order valence-electron chi connectivity index (χ4n) is 1.63. The van der Waals surface area contributed by atoms with Gasteiger partial charge in [0.05, 0.1) is 17.3 Å². The van der Waals surface area contributed by atoms with Crippen molar-refractivity contribution < 1.29 is 22.3 Å². The van der Waals surface area contributed by atoms with Crippen molar-refractivity contribution in [2.45, 2.75) is 6.18 Å². The maximum absolute atomic E-state index is 13.5. The second kappa shape index (κ2) is 5.88. The van der Waals surface area contributed by atoms with Crippen molar-refractivity contribution in [1.82, 2.24) is 4.98 Å². The molecule has 0 aliphatic rings. The van der Waals surface area contributed by atoms with E-state index >= 15 is 0 Å². The van der Waals surface area contributed by atoms with Gasteiger partial charge < -0.3 is 10.1 Å². The smallest absolute Gasteiger partial charge is 0.433 e. The second-order valence-corrected chi connectivity index (χ2v) is 4.82. The molecule has 0 saturated carbocycles. The number of aromatic nitrogens is 1. The predicted octanol–water partition coefficient (Wildman–Crippen LogP) is 4.75. The summed E-state index contributed by atoms with van der Waals surface area (Å²) in [6.45, 7) is 0. The molecule has 1 heterocycles. The Labute approximate surface area is 126 Å². The van der Waals surface area contributed by atoms with Crippen molar-refractivity contribution in [1.29, 1.82) is 0 Å². The van der Waals surface area contributed by atoms with E-state index in [1.807, 2.05) is 0 Å². The topological polar surface area (TPSA) is 34.1 Å². The molecule has 0 radical (unpaired) electrons. The molecule has 0 fully saturated rings. The van der Waals surface area contributed by atoms with Crippen LogP contribution < -0.4 is 10.1 Å². The summed E-state index contributed by atoms with van der Waals surface area (Å²) in [6, 6.07) is 6.11. The van der Waals surface area contributed by atoms with Crippen LogP contribution in [0.2, 0.25) is 0 Å². The van der Waals surface area contributed by atoms with Gasteiger partial charge in [0, 0.05) is 0 Å². The lowest BCUT2D eigenvalue weighted by Gasteiger charge is -2.14. The summed E-state index contributed by atoms with van der Waals surface area (Å²) in [4.78, 5) is 3.48. The Bertz CT molecular complexity index is 661. The number of methoxy groups -OCH3 is 1. The van der Waals surface area contributed by atoms with E-state index in [1.54, 1.807) is 0 Å². The lowest BCUT2D eigenvalue weighted by molar-refractivity contribution is -0.141. The van der Waals surface area contributed by atoms with Gasteiger partial charge in [-0.25, -0.2) is 9.37 Å². The lowest BCUT2D eigenvalue weighted by atomic mass is 10.2. The Morgan fingerprint density at radius 2 is 1.90 bits per heavy atom. The maximum Gasteiger partial charge on any atom is 0.433 e. The number of pyridine rings is 1. The van der Waals surface area contributed by atoms with Crippen LogP contribution in [-0.4, -0.2) is 12.1 Å². The highest BCUT2D eigenvalue weighted by Crippen LogP contribution is 2.35. The molecule has 0 bridgehead atoms. The molecule has 21 heavy (non-hydrogen) atoms. The summed E-state index contributed by atoms with van der Waals surface area (Å²) in [5, 5.41) is 2.62. The van der Waals surface area contributed by atoms with Crippen molar-refractivity contribution in [2.24, 2.45) is 0 Å². The molecule has 0 aliphatic carbocycles. The fourth-order valence-corrected chi connectivity index (χ4v) is 1.95. The van der Waals surface area contributed by atoms with Gasteiger partial charge in [0.1, 0.15) is 11.5 Å². The first kappa shape index (κ1) is 15.6. The van der Waals surface area contributed by atoms with Crippen molar-refractivity contribution >= 4 is 27.4 Å². The first-order valence-electron chi connectivity index (χ1n) is 5.66. The van der Waals surface area contributed by atoms with Gasteiger partial charge in [0.2, 0.25) is 0 Å². The highest BCUT2D eigenvalue weighted by atomic mass is 79.9. The number of halogens is 5. The summed E-state index contributed by atoms with van der Waals surface area (Å²) in [6.07, 6.45) is -4.57. The summed E-state index contributed by atoms with van der Waals surface area (Å²) in [5.74, 6) is -0.831. The summed E-state index contributed by atoms with van der Waals surface area (Å²) in [7, 11) is 1.26. The number of nitrogens with zero attached hydrogens (tertiary/aromatic N) is 1. The number of nitrogens with one attached hydrogen (secondary N) is 1. The first-order chi connectivity index (χ1) is 9.82. The van der Waals surface area contributed by atoms with Crippen LogP contribution in [0.1, 0.15) is 5.69 Å². The van der Waals surface area contributed by atoms with Crippen molar-refractivity contribution in [3.8, 4) is 5.75 Å². The van der Waals surface area contributed by atoms with Crippen LogP contribution in [0.25, 0.3) is 0 Å². The number of para-hydroxylation sites is 1. The normalized spacial score (nSPS) is 11.3. The number of rotatable bonds is 3. The van der Waals surface area contributed by atoms with Gasteiger partial charge in [-0.2, -0.15) is 13.2 Å². The molecular weight excluding hydrogens is 356 g/mol. The van der Waals surface area contributed by atoms with Crippen LogP contribution in [-0.2, 0) is 6.18 Å². The zero-order chi connectivity index (χ0) is 15.6. The van der Waals surface area contributed by atoms with Crippen LogP contribution in [0.4, 0.5) is 29.1 Å².